The number of alkyl halides is 3. The predicted octanol–water partition coefficient (Wildman–Crippen LogP) is 6.20. The number of aromatic nitrogens is 2. The molecule has 2 heterocycles. The van der Waals surface area contributed by atoms with Crippen molar-refractivity contribution in [2.24, 2.45) is 0 Å². The molecule has 184 valence electrons. The first kappa shape index (κ1) is 25.8. The van der Waals surface area contributed by atoms with E-state index in [-0.39, 0.29) is 30.6 Å². The number of anilines is 2. The van der Waals surface area contributed by atoms with Gasteiger partial charge in [-0.05, 0) is 24.3 Å². The van der Waals surface area contributed by atoms with Crippen LogP contribution in [0.1, 0.15) is 19.4 Å². The molecule has 0 spiro atoms. The number of methoxy groups -OCH3 is 1. The van der Waals surface area contributed by atoms with Crippen LogP contribution >= 0.6 is 0 Å². The van der Waals surface area contributed by atoms with E-state index in [1.54, 1.807) is 54.6 Å². The zero-order valence-corrected chi connectivity index (χ0v) is 19.6. The van der Waals surface area contributed by atoms with Crippen molar-refractivity contribution in [1.29, 1.82) is 0 Å². The maximum absolute atomic E-state index is 14.0. The highest BCUT2D eigenvalue weighted by molar-refractivity contribution is 5.85. The second kappa shape index (κ2) is 11.5. The Kier molecular flexibility index (Phi) is 8.48. The number of ether oxygens (including phenoxy) is 2. The highest BCUT2D eigenvalue weighted by atomic mass is 19.4. The minimum Gasteiger partial charge on any atom is -0.475 e. The molecule has 0 aliphatic rings. The Morgan fingerprint density at radius 3 is 2.17 bits per heavy atom. The lowest BCUT2D eigenvalue weighted by Gasteiger charge is -2.20. The molecular weight excluding hydrogens is 459 g/mol. The first-order chi connectivity index (χ1) is 16.9. The molecule has 0 aliphatic carbocycles. The summed E-state index contributed by atoms with van der Waals surface area (Å²) in [5.41, 5.74) is -0.908. The third-order valence-electron chi connectivity index (χ3n) is 4.85. The Bertz CT molecular complexity index is 1310. The lowest BCUT2D eigenvalue weighted by Crippen LogP contribution is -2.19. The fourth-order valence-electron chi connectivity index (χ4n) is 3.42. The Morgan fingerprint density at radius 1 is 0.943 bits per heavy atom. The Labute approximate surface area is 201 Å². The number of nitrogens with one attached hydrogen (secondary N) is 1. The minimum atomic E-state index is -4.79. The quantitative estimate of drug-likeness (QED) is 0.316. The van der Waals surface area contributed by atoms with Gasteiger partial charge in [-0.25, -0.2) is 0 Å². The van der Waals surface area contributed by atoms with Gasteiger partial charge >= 0.3 is 6.18 Å². The highest BCUT2D eigenvalue weighted by Gasteiger charge is 2.36. The van der Waals surface area contributed by atoms with Gasteiger partial charge in [0.05, 0.1) is 17.6 Å². The van der Waals surface area contributed by atoms with Crippen molar-refractivity contribution in [1.82, 2.24) is 9.55 Å². The topological polar surface area (TPSA) is 65.4 Å². The van der Waals surface area contributed by atoms with Gasteiger partial charge in [0.2, 0.25) is 5.88 Å². The van der Waals surface area contributed by atoms with E-state index in [2.05, 4.69) is 10.3 Å². The van der Waals surface area contributed by atoms with Crippen LogP contribution in [-0.4, -0.2) is 29.9 Å². The van der Waals surface area contributed by atoms with Gasteiger partial charge in [-0.3, -0.25) is 9.36 Å². The molecule has 2 aromatic heterocycles. The summed E-state index contributed by atoms with van der Waals surface area (Å²) in [6, 6.07) is 19.6. The standard InChI is InChI=1S/C24H20F3N3O3.C2H6/c1-32-12-13-33-21-14-18(24(25,26)27)22-19(31)15-20(28-16-8-4-2-5-9-16)30(23(22)29-21)17-10-6-3-7-11-17;1-2/h2-11,14-15,28H,12-13H2,1H3;1-2H3. The van der Waals surface area contributed by atoms with Crippen molar-refractivity contribution in [2.75, 3.05) is 25.6 Å². The van der Waals surface area contributed by atoms with Gasteiger partial charge in [-0.15, -0.1) is 0 Å². The molecule has 0 aliphatic heterocycles. The zero-order chi connectivity index (χ0) is 25.4. The second-order valence-electron chi connectivity index (χ2n) is 7.10. The third-order valence-corrected chi connectivity index (χ3v) is 4.85. The van der Waals surface area contributed by atoms with Crippen LogP contribution in [-0.2, 0) is 10.9 Å². The monoisotopic (exact) mass is 485 g/mol. The third kappa shape index (κ3) is 5.99. The fourth-order valence-corrected chi connectivity index (χ4v) is 3.42. The molecule has 0 bridgehead atoms. The number of fused-ring (bicyclic) bond motifs is 1. The molecule has 0 saturated carbocycles. The van der Waals surface area contributed by atoms with Gasteiger partial charge < -0.3 is 14.8 Å². The number of hydrogen-bond acceptors (Lipinski definition) is 5. The van der Waals surface area contributed by atoms with Crippen molar-refractivity contribution < 1.29 is 22.6 Å². The van der Waals surface area contributed by atoms with Crippen molar-refractivity contribution in [2.45, 2.75) is 20.0 Å². The normalized spacial score (nSPS) is 11.0. The summed E-state index contributed by atoms with van der Waals surface area (Å²) in [7, 11) is 1.45. The lowest BCUT2D eigenvalue weighted by molar-refractivity contribution is -0.136. The van der Waals surface area contributed by atoms with Crippen molar-refractivity contribution >= 4 is 22.5 Å². The Hall–Kier alpha value is -3.85. The van der Waals surface area contributed by atoms with Crippen molar-refractivity contribution in [3.8, 4) is 11.6 Å². The number of rotatable bonds is 7. The highest BCUT2D eigenvalue weighted by Crippen LogP contribution is 2.36. The van der Waals surface area contributed by atoms with Gasteiger partial charge in [-0.2, -0.15) is 18.2 Å². The summed E-state index contributed by atoms with van der Waals surface area (Å²) in [5.74, 6) is 0.00684. The average molecular weight is 486 g/mol. The molecular formula is C26H26F3N3O3. The predicted molar refractivity (Wildman–Crippen MR) is 131 cm³/mol. The molecule has 2 aromatic carbocycles. The lowest BCUT2D eigenvalue weighted by atomic mass is 10.1. The number of hydrogen-bond donors (Lipinski definition) is 1. The number of halogens is 3. The largest absolute Gasteiger partial charge is 0.475 e. The number of pyridine rings is 2. The van der Waals surface area contributed by atoms with Crippen LogP contribution in [0.4, 0.5) is 24.7 Å². The first-order valence-electron chi connectivity index (χ1n) is 11.1. The van der Waals surface area contributed by atoms with Crippen LogP contribution in [0.3, 0.4) is 0 Å². The van der Waals surface area contributed by atoms with E-state index >= 15 is 0 Å². The van der Waals surface area contributed by atoms with E-state index in [1.807, 2.05) is 19.9 Å². The van der Waals surface area contributed by atoms with Gasteiger partial charge in [0.25, 0.3) is 0 Å². The van der Waals surface area contributed by atoms with Crippen LogP contribution in [0.25, 0.3) is 16.7 Å². The van der Waals surface area contributed by atoms with Gasteiger partial charge in [0.1, 0.15) is 12.4 Å². The summed E-state index contributed by atoms with van der Waals surface area (Å²) >= 11 is 0. The van der Waals surface area contributed by atoms with Gasteiger partial charge in [0.15, 0.2) is 11.1 Å². The summed E-state index contributed by atoms with van der Waals surface area (Å²) in [6.07, 6.45) is -4.79. The van der Waals surface area contributed by atoms with Crippen LogP contribution in [0, 0.1) is 0 Å². The molecule has 4 aromatic rings. The van der Waals surface area contributed by atoms with Crippen LogP contribution in [0.5, 0.6) is 5.88 Å². The van der Waals surface area contributed by atoms with Crippen molar-refractivity contribution in [3.05, 3.63) is 88.6 Å². The SMILES string of the molecule is CC.COCCOc1cc(C(F)(F)F)c2c(=O)cc(Nc3ccccc3)n(-c3ccccc3)c2n1. The molecule has 0 radical (unpaired) electrons. The summed E-state index contributed by atoms with van der Waals surface area (Å²) in [5, 5.41) is 2.58. The maximum atomic E-state index is 14.0. The van der Waals surface area contributed by atoms with E-state index in [0.29, 0.717) is 11.4 Å². The molecule has 0 amide bonds. The fraction of sp³-hybridized carbons (Fsp3) is 0.231. The van der Waals surface area contributed by atoms with Crippen molar-refractivity contribution in [3.63, 3.8) is 0 Å². The van der Waals surface area contributed by atoms with E-state index < -0.39 is 22.6 Å². The van der Waals surface area contributed by atoms with Crippen LogP contribution in [0.2, 0.25) is 0 Å². The van der Waals surface area contributed by atoms with Crippen LogP contribution in [0.15, 0.2) is 77.6 Å². The Morgan fingerprint density at radius 2 is 1.57 bits per heavy atom. The maximum Gasteiger partial charge on any atom is 0.417 e. The molecule has 0 fully saturated rings. The smallest absolute Gasteiger partial charge is 0.417 e. The average Bonchev–Trinajstić information content (AvgIpc) is 2.86. The molecule has 0 atom stereocenters. The molecule has 4 rings (SSSR count). The minimum absolute atomic E-state index is 0.00380. The van der Waals surface area contributed by atoms with Gasteiger partial charge in [0, 0.05) is 30.6 Å². The summed E-state index contributed by atoms with van der Waals surface area (Å²) < 4.78 is 53.7. The van der Waals surface area contributed by atoms with E-state index in [0.717, 1.165) is 12.1 Å². The van der Waals surface area contributed by atoms with Gasteiger partial charge in [-0.1, -0.05) is 50.2 Å². The Balaban J connectivity index is 0.00000167. The van der Waals surface area contributed by atoms with E-state index in [1.165, 1.54) is 11.7 Å². The number of benzene rings is 2. The zero-order valence-electron chi connectivity index (χ0n) is 19.6. The van der Waals surface area contributed by atoms with Crippen LogP contribution < -0.4 is 15.5 Å². The number of nitrogens with zero attached hydrogens (tertiary/aromatic N) is 2. The van der Waals surface area contributed by atoms with E-state index in [9.17, 15) is 18.0 Å². The molecule has 6 nitrogen and oxygen atoms in total. The first-order valence-corrected chi connectivity index (χ1v) is 11.1. The van der Waals surface area contributed by atoms with E-state index in [4.69, 9.17) is 9.47 Å². The molecule has 1 N–H and O–H groups in total. The molecule has 9 heteroatoms. The summed E-state index contributed by atoms with van der Waals surface area (Å²) in [6.45, 7) is 4.17. The molecule has 0 saturated heterocycles. The molecule has 0 unspecified atom stereocenters. The molecule has 35 heavy (non-hydrogen) atoms. The second-order valence-corrected chi connectivity index (χ2v) is 7.10. The number of para-hydroxylation sites is 2. The summed E-state index contributed by atoms with van der Waals surface area (Å²) in [4.78, 5) is 17.3.